The summed E-state index contributed by atoms with van der Waals surface area (Å²) >= 11 is 2.04. The maximum Gasteiger partial charge on any atom is 0.0437 e. The Morgan fingerprint density at radius 1 is 1.12 bits per heavy atom. The molecule has 0 aliphatic carbocycles. The molecule has 1 nitrogen and oxygen atoms in total. The van der Waals surface area contributed by atoms with Crippen LogP contribution in [0.25, 0.3) is 0 Å². The van der Waals surface area contributed by atoms with Gasteiger partial charge in [0.2, 0.25) is 0 Å². The molecule has 0 aromatic heterocycles. The lowest BCUT2D eigenvalue weighted by Crippen LogP contribution is -2.29. The Hall–Kier alpha value is -0.470. The second kappa shape index (κ2) is 7.07. The minimum atomic E-state index is 0.452. The van der Waals surface area contributed by atoms with Gasteiger partial charge in [0.05, 0.1) is 0 Å². The maximum atomic E-state index is 3.60. The molecule has 0 aliphatic rings. The van der Waals surface area contributed by atoms with Crippen molar-refractivity contribution in [3.63, 3.8) is 0 Å². The summed E-state index contributed by atoms with van der Waals surface area (Å²) in [6.45, 7) is 12.2. The van der Waals surface area contributed by atoms with E-state index in [1.165, 1.54) is 11.1 Å². The maximum absolute atomic E-state index is 3.60. The highest BCUT2D eigenvalue weighted by atomic mass is 32.2. The van der Waals surface area contributed by atoms with Gasteiger partial charge in [-0.3, -0.25) is 0 Å². The van der Waals surface area contributed by atoms with Crippen LogP contribution in [0.5, 0.6) is 0 Å². The topological polar surface area (TPSA) is 12.0 Å². The van der Waals surface area contributed by atoms with Crippen molar-refractivity contribution in [3.05, 3.63) is 35.4 Å². The van der Waals surface area contributed by atoms with E-state index in [1.54, 1.807) is 0 Å². The van der Waals surface area contributed by atoms with Crippen LogP contribution in [0.3, 0.4) is 0 Å². The average molecular weight is 251 g/mol. The normalized spacial score (nSPS) is 14.9. The van der Waals surface area contributed by atoms with Gasteiger partial charge in [-0.15, -0.1) is 0 Å². The van der Waals surface area contributed by atoms with Crippen molar-refractivity contribution in [1.29, 1.82) is 0 Å². The van der Waals surface area contributed by atoms with Gasteiger partial charge in [0.1, 0.15) is 0 Å². The van der Waals surface area contributed by atoms with Gasteiger partial charge in [-0.2, -0.15) is 11.8 Å². The number of hydrogen-bond donors (Lipinski definition) is 1. The molecule has 1 aromatic carbocycles. The van der Waals surface area contributed by atoms with Gasteiger partial charge in [-0.1, -0.05) is 57.5 Å². The molecule has 17 heavy (non-hydrogen) atoms. The van der Waals surface area contributed by atoms with Crippen LogP contribution >= 0.6 is 11.8 Å². The Morgan fingerprint density at radius 2 is 1.71 bits per heavy atom. The summed E-state index contributed by atoms with van der Waals surface area (Å²) in [6, 6.07) is 9.35. The number of nitrogens with one attached hydrogen (secondary N) is 1. The van der Waals surface area contributed by atoms with E-state index in [1.807, 2.05) is 11.8 Å². The van der Waals surface area contributed by atoms with Crippen LogP contribution in [-0.2, 0) is 0 Å². The van der Waals surface area contributed by atoms with Gasteiger partial charge >= 0.3 is 0 Å². The molecule has 0 fully saturated rings. The number of hydrogen-bond acceptors (Lipinski definition) is 2. The fourth-order valence-corrected chi connectivity index (χ4v) is 3.33. The highest BCUT2D eigenvalue weighted by Gasteiger charge is 2.19. The highest BCUT2D eigenvalue weighted by molar-refractivity contribution is 8.00. The van der Waals surface area contributed by atoms with Crippen LogP contribution in [0.4, 0.5) is 0 Å². The van der Waals surface area contributed by atoms with Crippen molar-refractivity contribution in [2.24, 2.45) is 0 Å². The molecule has 0 radical (unpaired) electrons. The van der Waals surface area contributed by atoms with E-state index in [9.17, 15) is 0 Å². The molecule has 96 valence electrons. The van der Waals surface area contributed by atoms with Crippen LogP contribution < -0.4 is 5.32 Å². The third-order valence-corrected chi connectivity index (χ3v) is 4.06. The van der Waals surface area contributed by atoms with E-state index in [0.717, 1.165) is 6.54 Å². The van der Waals surface area contributed by atoms with Crippen molar-refractivity contribution in [3.8, 4) is 0 Å². The van der Waals surface area contributed by atoms with Crippen molar-refractivity contribution in [2.45, 2.75) is 51.2 Å². The summed E-state index contributed by atoms with van der Waals surface area (Å²) in [5.41, 5.74) is 2.73. The van der Waals surface area contributed by atoms with E-state index in [0.29, 0.717) is 16.5 Å². The third kappa shape index (κ3) is 4.72. The fourth-order valence-electron chi connectivity index (χ4n) is 2.06. The van der Waals surface area contributed by atoms with E-state index in [4.69, 9.17) is 0 Å². The van der Waals surface area contributed by atoms with Crippen LogP contribution in [0.15, 0.2) is 24.3 Å². The Morgan fingerprint density at radius 3 is 2.18 bits per heavy atom. The lowest BCUT2D eigenvalue weighted by molar-refractivity contribution is 0.547. The van der Waals surface area contributed by atoms with E-state index in [2.05, 4.69) is 64.2 Å². The summed E-state index contributed by atoms with van der Waals surface area (Å²) in [7, 11) is 0. The fraction of sp³-hybridized carbons (Fsp3) is 0.600. The van der Waals surface area contributed by atoms with Gasteiger partial charge in [0.25, 0.3) is 0 Å². The lowest BCUT2D eigenvalue weighted by Gasteiger charge is -2.26. The minimum absolute atomic E-state index is 0.452. The molecule has 0 bridgehead atoms. The van der Waals surface area contributed by atoms with E-state index < -0.39 is 0 Å². The van der Waals surface area contributed by atoms with Gasteiger partial charge in [-0.05, 0) is 24.3 Å². The van der Waals surface area contributed by atoms with Gasteiger partial charge in [-0.25, -0.2) is 0 Å². The molecule has 2 unspecified atom stereocenters. The molecule has 2 heteroatoms. The minimum Gasteiger partial charge on any atom is -0.309 e. The molecule has 2 atom stereocenters. The SMILES string of the molecule is CCNC(c1ccc(C)cc1)C(C)SC(C)C. The van der Waals surface area contributed by atoms with Crippen LogP contribution in [-0.4, -0.2) is 17.0 Å². The largest absolute Gasteiger partial charge is 0.309 e. The van der Waals surface area contributed by atoms with Crippen molar-refractivity contribution < 1.29 is 0 Å². The zero-order chi connectivity index (χ0) is 12.8. The third-order valence-electron chi connectivity index (χ3n) is 2.82. The first kappa shape index (κ1) is 14.6. The molecule has 0 spiro atoms. The number of benzene rings is 1. The summed E-state index contributed by atoms with van der Waals surface area (Å²) < 4.78 is 0. The second-order valence-corrected chi connectivity index (χ2v) is 6.79. The second-order valence-electron chi connectivity index (χ2n) is 4.84. The molecule has 0 amide bonds. The predicted molar refractivity (Wildman–Crippen MR) is 79.8 cm³/mol. The predicted octanol–water partition coefficient (Wildman–Crippen LogP) is 4.18. The Labute approximate surface area is 110 Å². The molecular formula is C15H25NS. The van der Waals surface area contributed by atoms with Crippen LogP contribution in [0.2, 0.25) is 0 Å². The molecule has 0 saturated heterocycles. The molecule has 0 aliphatic heterocycles. The zero-order valence-corrected chi connectivity index (χ0v) is 12.5. The van der Waals surface area contributed by atoms with E-state index >= 15 is 0 Å². The summed E-state index contributed by atoms with van der Waals surface area (Å²) in [6.07, 6.45) is 0. The molecule has 1 N–H and O–H groups in total. The smallest absolute Gasteiger partial charge is 0.0437 e. The van der Waals surface area contributed by atoms with Crippen LogP contribution in [0, 0.1) is 6.92 Å². The Kier molecular flexibility index (Phi) is 6.07. The van der Waals surface area contributed by atoms with Gasteiger partial charge in [0.15, 0.2) is 0 Å². The van der Waals surface area contributed by atoms with Crippen molar-refractivity contribution >= 4 is 11.8 Å². The number of thioether (sulfide) groups is 1. The summed E-state index contributed by atoms with van der Waals surface area (Å²) in [5.74, 6) is 0. The van der Waals surface area contributed by atoms with Crippen molar-refractivity contribution in [2.75, 3.05) is 6.54 Å². The molecule has 1 rings (SSSR count). The summed E-state index contributed by atoms with van der Waals surface area (Å²) in [4.78, 5) is 0. The standard InChI is InChI=1S/C15H25NS/c1-6-16-15(13(5)17-11(2)3)14-9-7-12(4)8-10-14/h7-11,13,15-16H,6H2,1-5H3. The zero-order valence-electron chi connectivity index (χ0n) is 11.7. The van der Waals surface area contributed by atoms with Crippen LogP contribution in [0.1, 0.15) is 44.9 Å². The Balaban J connectivity index is 2.80. The number of rotatable bonds is 6. The Bertz CT molecular complexity index is 318. The van der Waals surface area contributed by atoms with E-state index in [-0.39, 0.29) is 0 Å². The monoisotopic (exact) mass is 251 g/mol. The van der Waals surface area contributed by atoms with Crippen molar-refractivity contribution in [1.82, 2.24) is 5.32 Å². The molecule has 0 heterocycles. The highest BCUT2D eigenvalue weighted by Crippen LogP contribution is 2.29. The molecule has 1 aromatic rings. The average Bonchev–Trinajstić information content (AvgIpc) is 2.26. The molecular weight excluding hydrogens is 226 g/mol. The quantitative estimate of drug-likeness (QED) is 0.814. The first-order chi connectivity index (χ1) is 8.04. The number of aryl methyl sites for hydroxylation is 1. The lowest BCUT2D eigenvalue weighted by atomic mass is 10.0. The molecule has 0 saturated carbocycles. The first-order valence-electron chi connectivity index (χ1n) is 6.50. The van der Waals surface area contributed by atoms with Gasteiger partial charge in [0, 0.05) is 11.3 Å². The summed E-state index contributed by atoms with van der Waals surface area (Å²) in [5, 5.41) is 4.88. The first-order valence-corrected chi connectivity index (χ1v) is 7.44. The van der Waals surface area contributed by atoms with Gasteiger partial charge < -0.3 is 5.32 Å².